The number of aryl methyl sites for hydroxylation is 1. The Bertz CT molecular complexity index is 656. The fourth-order valence-electron chi connectivity index (χ4n) is 2.44. The Morgan fingerprint density at radius 1 is 1.19 bits per heavy atom. The fourth-order valence-corrected chi connectivity index (χ4v) is 2.44. The molecular weight excluding hydrogens is 258 g/mol. The van der Waals surface area contributed by atoms with E-state index in [1.807, 2.05) is 36.4 Å². The molecule has 2 aromatic rings. The van der Waals surface area contributed by atoms with Crippen LogP contribution in [-0.4, -0.2) is 6.54 Å². The maximum absolute atomic E-state index is 8.95. The molecule has 2 N–H and O–H groups in total. The van der Waals surface area contributed by atoms with E-state index in [2.05, 4.69) is 30.9 Å². The predicted molar refractivity (Wildman–Crippen MR) is 88.1 cm³/mol. The summed E-state index contributed by atoms with van der Waals surface area (Å²) >= 11 is 0. The van der Waals surface area contributed by atoms with Gasteiger partial charge < -0.3 is 10.6 Å². The Balaban J connectivity index is 2.26. The van der Waals surface area contributed by atoms with E-state index in [-0.39, 0.29) is 0 Å². The number of anilines is 2. The highest BCUT2D eigenvalue weighted by atomic mass is 15.1. The normalized spacial score (nSPS) is 10.1. The molecule has 3 heteroatoms. The van der Waals surface area contributed by atoms with Crippen molar-refractivity contribution >= 4 is 11.4 Å². The molecule has 0 saturated heterocycles. The first-order valence-electron chi connectivity index (χ1n) is 7.24. The molecular formula is C18H21N3. The first kappa shape index (κ1) is 14.9. The van der Waals surface area contributed by atoms with Gasteiger partial charge in [-0.2, -0.15) is 5.26 Å². The Hall–Kier alpha value is -2.47. The third-order valence-electron chi connectivity index (χ3n) is 3.56. The van der Waals surface area contributed by atoms with Crippen molar-refractivity contribution in [3.8, 4) is 6.07 Å². The van der Waals surface area contributed by atoms with Crippen LogP contribution in [0.4, 0.5) is 11.4 Å². The van der Waals surface area contributed by atoms with Crippen LogP contribution < -0.4 is 10.6 Å². The molecule has 0 saturated carbocycles. The largest absolute Gasteiger partial charge is 0.399 e. The van der Waals surface area contributed by atoms with Crippen LogP contribution in [0, 0.1) is 18.3 Å². The molecule has 0 aliphatic heterocycles. The average molecular weight is 279 g/mol. The Morgan fingerprint density at radius 3 is 2.62 bits per heavy atom. The summed E-state index contributed by atoms with van der Waals surface area (Å²) in [6.45, 7) is 6.03. The molecule has 0 spiro atoms. The van der Waals surface area contributed by atoms with Crippen molar-refractivity contribution in [1.82, 2.24) is 0 Å². The van der Waals surface area contributed by atoms with Gasteiger partial charge in [-0.25, -0.2) is 0 Å². The molecule has 0 heterocycles. The van der Waals surface area contributed by atoms with E-state index < -0.39 is 0 Å². The minimum absolute atomic E-state index is 0.710. The van der Waals surface area contributed by atoms with Gasteiger partial charge in [0.1, 0.15) is 0 Å². The number of nitrogens with zero attached hydrogens (tertiary/aromatic N) is 2. The quantitative estimate of drug-likeness (QED) is 0.845. The van der Waals surface area contributed by atoms with Gasteiger partial charge >= 0.3 is 0 Å². The van der Waals surface area contributed by atoms with Gasteiger partial charge in [-0.1, -0.05) is 19.1 Å². The summed E-state index contributed by atoms with van der Waals surface area (Å²) in [6.07, 6.45) is 1.07. The molecule has 0 radical (unpaired) electrons. The topological polar surface area (TPSA) is 53.0 Å². The van der Waals surface area contributed by atoms with Crippen LogP contribution in [0.15, 0.2) is 42.5 Å². The Morgan fingerprint density at radius 2 is 2.00 bits per heavy atom. The van der Waals surface area contributed by atoms with Crippen molar-refractivity contribution < 1.29 is 0 Å². The summed E-state index contributed by atoms with van der Waals surface area (Å²) < 4.78 is 0. The van der Waals surface area contributed by atoms with E-state index in [9.17, 15) is 0 Å². The zero-order valence-electron chi connectivity index (χ0n) is 12.6. The third kappa shape index (κ3) is 3.76. The number of nitrogen functional groups attached to an aromatic ring is 1. The average Bonchev–Trinajstić information content (AvgIpc) is 2.48. The second-order valence-corrected chi connectivity index (χ2v) is 5.27. The summed E-state index contributed by atoms with van der Waals surface area (Å²) in [7, 11) is 0. The third-order valence-corrected chi connectivity index (χ3v) is 3.56. The maximum atomic E-state index is 8.95. The van der Waals surface area contributed by atoms with Crippen molar-refractivity contribution in [2.24, 2.45) is 0 Å². The van der Waals surface area contributed by atoms with Crippen molar-refractivity contribution in [1.29, 1.82) is 5.26 Å². The van der Waals surface area contributed by atoms with Crippen molar-refractivity contribution in [2.75, 3.05) is 17.2 Å². The molecule has 108 valence electrons. The molecule has 0 atom stereocenters. The van der Waals surface area contributed by atoms with Gasteiger partial charge in [-0.15, -0.1) is 0 Å². The lowest BCUT2D eigenvalue weighted by Gasteiger charge is -2.25. The zero-order valence-corrected chi connectivity index (χ0v) is 12.6. The van der Waals surface area contributed by atoms with E-state index in [0.717, 1.165) is 36.4 Å². The minimum atomic E-state index is 0.710. The molecule has 0 unspecified atom stereocenters. The molecule has 0 amide bonds. The molecule has 0 aliphatic carbocycles. The number of benzene rings is 2. The van der Waals surface area contributed by atoms with Crippen LogP contribution in [0.3, 0.4) is 0 Å². The number of rotatable bonds is 5. The van der Waals surface area contributed by atoms with E-state index in [4.69, 9.17) is 11.0 Å². The first-order valence-corrected chi connectivity index (χ1v) is 7.24. The van der Waals surface area contributed by atoms with E-state index in [1.54, 1.807) is 0 Å². The molecule has 0 fully saturated rings. The molecule has 3 nitrogen and oxygen atoms in total. The molecule has 0 aromatic heterocycles. The molecule has 0 bridgehead atoms. The first-order chi connectivity index (χ1) is 10.1. The molecule has 21 heavy (non-hydrogen) atoms. The predicted octanol–water partition coefficient (Wildman–Crippen LogP) is 3.87. The van der Waals surface area contributed by atoms with Gasteiger partial charge in [-0.3, -0.25) is 0 Å². The summed E-state index contributed by atoms with van der Waals surface area (Å²) in [5.41, 5.74) is 10.9. The van der Waals surface area contributed by atoms with Gasteiger partial charge in [0.2, 0.25) is 0 Å². The number of hydrogen-bond acceptors (Lipinski definition) is 3. The number of nitriles is 1. The van der Waals surface area contributed by atoms with Crippen molar-refractivity contribution in [3.63, 3.8) is 0 Å². The number of nitrogens with two attached hydrogens (primary N) is 1. The van der Waals surface area contributed by atoms with Crippen molar-refractivity contribution in [3.05, 3.63) is 59.2 Å². The van der Waals surface area contributed by atoms with Crippen LogP contribution in [0.1, 0.15) is 30.0 Å². The van der Waals surface area contributed by atoms with Gasteiger partial charge in [0.05, 0.1) is 11.6 Å². The lowest BCUT2D eigenvalue weighted by atomic mass is 10.0. The highest BCUT2D eigenvalue weighted by Gasteiger charge is 2.09. The zero-order chi connectivity index (χ0) is 15.2. The monoisotopic (exact) mass is 279 g/mol. The SMILES string of the molecule is CCCN(Cc1ccc(C#N)cc1C)c1cccc(N)c1. The highest BCUT2D eigenvalue weighted by Crippen LogP contribution is 2.22. The summed E-state index contributed by atoms with van der Waals surface area (Å²) in [5.74, 6) is 0. The van der Waals surface area contributed by atoms with Crippen molar-refractivity contribution in [2.45, 2.75) is 26.8 Å². The fraction of sp³-hybridized carbons (Fsp3) is 0.278. The molecule has 2 rings (SSSR count). The molecule has 2 aromatic carbocycles. The molecule has 0 aliphatic rings. The Labute approximate surface area is 126 Å². The van der Waals surface area contributed by atoms with E-state index >= 15 is 0 Å². The van der Waals surface area contributed by atoms with Gasteiger partial charge in [0, 0.05) is 24.5 Å². The lowest BCUT2D eigenvalue weighted by molar-refractivity contribution is 0.765. The summed E-state index contributed by atoms with van der Waals surface area (Å²) in [6, 6.07) is 16.0. The van der Waals surface area contributed by atoms with Crippen LogP contribution in [-0.2, 0) is 6.54 Å². The van der Waals surface area contributed by atoms with Gasteiger partial charge in [0.25, 0.3) is 0 Å². The number of hydrogen-bond donors (Lipinski definition) is 1. The highest BCUT2D eigenvalue weighted by molar-refractivity contribution is 5.56. The van der Waals surface area contributed by atoms with E-state index in [0.29, 0.717) is 5.56 Å². The van der Waals surface area contributed by atoms with E-state index in [1.165, 1.54) is 5.56 Å². The standard InChI is InChI=1S/C18H21N3/c1-3-9-21(18-6-4-5-17(20)11-18)13-16-8-7-15(12-19)10-14(16)2/h4-8,10-11H,3,9,13,20H2,1-2H3. The summed E-state index contributed by atoms with van der Waals surface area (Å²) in [5, 5.41) is 8.95. The van der Waals surface area contributed by atoms with Crippen LogP contribution in [0.5, 0.6) is 0 Å². The van der Waals surface area contributed by atoms with Gasteiger partial charge in [0.15, 0.2) is 0 Å². The lowest BCUT2D eigenvalue weighted by Crippen LogP contribution is -2.24. The smallest absolute Gasteiger partial charge is 0.0991 e. The van der Waals surface area contributed by atoms with Crippen LogP contribution in [0.2, 0.25) is 0 Å². The maximum Gasteiger partial charge on any atom is 0.0991 e. The van der Waals surface area contributed by atoms with Crippen LogP contribution >= 0.6 is 0 Å². The second-order valence-electron chi connectivity index (χ2n) is 5.27. The van der Waals surface area contributed by atoms with Crippen LogP contribution in [0.25, 0.3) is 0 Å². The van der Waals surface area contributed by atoms with Gasteiger partial charge in [-0.05, 0) is 54.8 Å². The summed E-state index contributed by atoms with van der Waals surface area (Å²) in [4.78, 5) is 2.32. The minimum Gasteiger partial charge on any atom is -0.399 e. The Kier molecular flexibility index (Phi) is 4.84. The second kappa shape index (κ2) is 6.81.